The number of aromatic amines is 1. The fourth-order valence-corrected chi connectivity index (χ4v) is 10.4. The van der Waals surface area contributed by atoms with Crippen LogP contribution in [0.2, 0.25) is 0 Å². The third-order valence-electron chi connectivity index (χ3n) is 12.4. The highest BCUT2D eigenvalue weighted by Crippen LogP contribution is 2.56. The number of nitrogens with zero attached hydrogens (tertiary/aromatic N) is 1. The van der Waals surface area contributed by atoms with E-state index in [0.717, 1.165) is 61.1 Å². The number of allylic oxidation sites excluding steroid dienone is 6. The van der Waals surface area contributed by atoms with Crippen molar-refractivity contribution in [3.8, 4) is 17.2 Å². The first kappa shape index (κ1) is 29.1. The molecule has 3 unspecified atom stereocenters. The van der Waals surface area contributed by atoms with Crippen LogP contribution in [0.1, 0.15) is 123 Å². The number of fused-ring (bicyclic) bond motifs is 7. The molecule has 0 saturated heterocycles. The second kappa shape index (κ2) is 9.96. The molecule has 9 rings (SSSR count). The highest BCUT2D eigenvalue weighted by atomic mass is 14.7. The molecule has 1 N–H and O–H groups in total. The van der Waals surface area contributed by atoms with Gasteiger partial charge in [0.1, 0.15) is 0 Å². The maximum atomic E-state index is 10.3. The number of nitriles is 1. The zero-order chi connectivity index (χ0) is 32.5. The average Bonchev–Trinajstić information content (AvgIpc) is 3.78. The average molecular weight is 615 g/mol. The number of nitrogens with one attached hydrogen (secondary N) is 1. The van der Waals surface area contributed by atoms with Gasteiger partial charge in [-0.3, -0.25) is 0 Å². The van der Waals surface area contributed by atoms with E-state index in [9.17, 15) is 5.26 Å². The number of aromatic nitrogens is 1. The van der Waals surface area contributed by atoms with Crippen LogP contribution in [0.5, 0.6) is 0 Å². The number of benzene rings is 3. The van der Waals surface area contributed by atoms with E-state index >= 15 is 0 Å². The van der Waals surface area contributed by atoms with Crippen molar-refractivity contribution in [3.63, 3.8) is 0 Å². The van der Waals surface area contributed by atoms with Crippen LogP contribution in [0.15, 0.2) is 53.6 Å². The highest BCUT2D eigenvalue weighted by Gasteiger charge is 2.39. The van der Waals surface area contributed by atoms with Gasteiger partial charge in [-0.05, 0) is 136 Å². The van der Waals surface area contributed by atoms with Gasteiger partial charge in [0.05, 0.1) is 17.1 Å². The molecule has 1 heterocycles. The van der Waals surface area contributed by atoms with E-state index in [0.29, 0.717) is 11.8 Å². The first-order valence-corrected chi connectivity index (χ1v) is 18.1. The summed E-state index contributed by atoms with van der Waals surface area (Å²) in [7, 11) is 0. The van der Waals surface area contributed by atoms with E-state index in [-0.39, 0.29) is 5.41 Å². The largest absolute Gasteiger partial charge is 0.354 e. The molecule has 1 saturated carbocycles. The zero-order valence-corrected chi connectivity index (χ0v) is 29.0. The molecule has 5 aliphatic rings. The van der Waals surface area contributed by atoms with Crippen molar-refractivity contribution in [2.24, 2.45) is 11.8 Å². The van der Waals surface area contributed by atoms with Crippen LogP contribution in [0, 0.1) is 23.2 Å². The molecule has 0 aliphatic heterocycles. The minimum atomic E-state index is 0.127. The van der Waals surface area contributed by atoms with Gasteiger partial charge in [0, 0.05) is 33.7 Å². The molecule has 47 heavy (non-hydrogen) atoms. The molecule has 236 valence electrons. The Hall–Kier alpha value is -4.09. The van der Waals surface area contributed by atoms with Gasteiger partial charge in [-0.2, -0.15) is 5.26 Å². The van der Waals surface area contributed by atoms with E-state index in [4.69, 9.17) is 6.58 Å². The summed E-state index contributed by atoms with van der Waals surface area (Å²) in [6.07, 6.45) is 16.0. The molecule has 0 radical (unpaired) electrons. The molecule has 5 aliphatic carbocycles. The lowest BCUT2D eigenvalue weighted by molar-refractivity contribution is 0.579. The predicted octanol–water partition coefficient (Wildman–Crippen LogP) is 11.6. The van der Waals surface area contributed by atoms with Crippen LogP contribution in [0.3, 0.4) is 0 Å². The topological polar surface area (TPSA) is 39.6 Å². The van der Waals surface area contributed by atoms with E-state index in [2.05, 4.69) is 89.0 Å². The van der Waals surface area contributed by atoms with Gasteiger partial charge in [0.25, 0.3) is 0 Å². The minimum absolute atomic E-state index is 0.127. The monoisotopic (exact) mass is 614 g/mol. The van der Waals surface area contributed by atoms with Gasteiger partial charge >= 0.3 is 0 Å². The van der Waals surface area contributed by atoms with Crippen LogP contribution < -0.4 is 0 Å². The van der Waals surface area contributed by atoms with Crippen LogP contribution in [-0.2, 0) is 31.1 Å². The Bertz CT molecular complexity index is 2230. The predicted molar refractivity (Wildman–Crippen MR) is 198 cm³/mol. The van der Waals surface area contributed by atoms with Crippen molar-refractivity contribution in [2.75, 3.05) is 0 Å². The Morgan fingerprint density at radius 3 is 2.47 bits per heavy atom. The molecule has 1 fully saturated rings. The zero-order valence-electron chi connectivity index (χ0n) is 29.0. The van der Waals surface area contributed by atoms with Crippen molar-refractivity contribution in [1.29, 1.82) is 5.26 Å². The van der Waals surface area contributed by atoms with Gasteiger partial charge in [0.15, 0.2) is 0 Å². The number of rotatable bonds is 4. The Morgan fingerprint density at radius 1 is 1.02 bits per heavy atom. The molecule has 2 heteroatoms. The Kier molecular flexibility index (Phi) is 6.16. The Labute approximate surface area is 280 Å². The van der Waals surface area contributed by atoms with Crippen LogP contribution >= 0.6 is 0 Å². The smallest absolute Gasteiger partial charge is 0.0998 e. The van der Waals surface area contributed by atoms with E-state index in [1.54, 1.807) is 5.57 Å². The summed E-state index contributed by atoms with van der Waals surface area (Å²) < 4.78 is 0. The van der Waals surface area contributed by atoms with Gasteiger partial charge in [0.2, 0.25) is 0 Å². The molecule has 2 nitrogen and oxygen atoms in total. The van der Waals surface area contributed by atoms with Gasteiger partial charge < -0.3 is 4.98 Å². The summed E-state index contributed by atoms with van der Waals surface area (Å²) in [6, 6.07) is 9.77. The maximum Gasteiger partial charge on any atom is 0.0998 e. The van der Waals surface area contributed by atoms with Crippen LogP contribution in [0.25, 0.3) is 44.6 Å². The summed E-state index contributed by atoms with van der Waals surface area (Å²) >= 11 is 0. The van der Waals surface area contributed by atoms with Gasteiger partial charge in [-0.25, -0.2) is 0 Å². The number of hydrogen-bond donors (Lipinski definition) is 1. The van der Waals surface area contributed by atoms with Crippen LogP contribution in [0.4, 0.5) is 0 Å². The summed E-state index contributed by atoms with van der Waals surface area (Å²) in [5.41, 5.74) is 23.4. The second-order valence-electron chi connectivity index (χ2n) is 16.4. The number of H-pyrrole nitrogens is 1. The lowest BCUT2D eigenvalue weighted by Crippen LogP contribution is -2.20. The van der Waals surface area contributed by atoms with Crippen molar-refractivity contribution < 1.29 is 0 Å². The van der Waals surface area contributed by atoms with Crippen molar-refractivity contribution in [2.45, 2.75) is 104 Å². The normalized spacial score (nSPS) is 22.1. The van der Waals surface area contributed by atoms with Crippen molar-refractivity contribution in [3.05, 3.63) is 104 Å². The van der Waals surface area contributed by atoms with E-state index in [1.165, 1.54) is 95.9 Å². The lowest BCUT2D eigenvalue weighted by atomic mass is 9.69. The molecular weight excluding hydrogens is 569 g/mol. The first-order chi connectivity index (χ1) is 22.6. The fraction of sp³-hybridized carbons (Fsp3) is 0.400. The second-order valence-corrected chi connectivity index (χ2v) is 16.4. The molecule has 0 amide bonds. The third-order valence-corrected chi connectivity index (χ3v) is 12.4. The van der Waals surface area contributed by atoms with Gasteiger partial charge in [-0.1, -0.05) is 83.6 Å². The Morgan fingerprint density at radius 2 is 1.77 bits per heavy atom. The number of aryl methyl sites for hydroxylation is 3. The molecule has 0 bridgehead atoms. The van der Waals surface area contributed by atoms with Gasteiger partial charge in [-0.15, -0.1) is 0 Å². The molecule has 3 aromatic carbocycles. The van der Waals surface area contributed by atoms with Crippen molar-refractivity contribution in [1.82, 2.24) is 4.98 Å². The fourth-order valence-electron chi connectivity index (χ4n) is 10.4. The summed E-state index contributed by atoms with van der Waals surface area (Å²) in [6.45, 7) is 19.1. The first-order valence-electron chi connectivity index (χ1n) is 18.1. The maximum absolute atomic E-state index is 10.3. The summed E-state index contributed by atoms with van der Waals surface area (Å²) in [4.78, 5) is 4.02. The SMILES string of the molecule is C=C(C1=C(C)C=C2CC(C)CC21)c1c2c3c(c4c1[nH]c1cc(C#N)c5c(c14)C(CCC)C=C5)CCc1cc(C(C)(C)C)cc(c1-3)CC2. The summed E-state index contributed by atoms with van der Waals surface area (Å²) in [5, 5.41) is 13.1. The van der Waals surface area contributed by atoms with E-state index in [1.807, 2.05) is 0 Å². The molecule has 3 atom stereocenters. The van der Waals surface area contributed by atoms with E-state index < -0.39 is 0 Å². The standard InChI is InChI=1S/C45H46N2/c1-8-9-26-10-13-32-30(22-46)21-36-43(40(26)32)42-34-15-12-28-20-31(45(5,6)7)19-27-11-14-33(41(34)39(27)28)38(44(42)47-36)25(4)37-24(3)18-29-16-23(2)17-35(29)37/h10,13,18-21,23,26,35,47H,4,8-9,11-12,14-17H2,1-3,5-7H3. The molecular formula is C45H46N2. The highest BCUT2D eigenvalue weighted by molar-refractivity contribution is 6.19. The Balaban J connectivity index is 1.40. The van der Waals surface area contributed by atoms with Crippen LogP contribution in [-0.4, -0.2) is 4.98 Å². The minimum Gasteiger partial charge on any atom is -0.354 e. The quantitative estimate of drug-likeness (QED) is 0.244. The third kappa shape index (κ3) is 3.96. The molecule has 4 aromatic rings. The molecule has 0 spiro atoms. The van der Waals surface area contributed by atoms with Crippen molar-refractivity contribution >= 4 is 33.5 Å². The molecule has 1 aromatic heterocycles. The number of hydrogen-bond acceptors (Lipinski definition) is 1. The summed E-state index contributed by atoms with van der Waals surface area (Å²) in [5.74, 6) is 1.55. The lowest BCUT2D eigenvalue weighted by Gasteiger charge is -2.34.